The van der Waals surface area contributed by atoms with E-state index in [1.165, 1.54) is 18.3 Å². The van der Waals surface area contributed by atoms with Crippen LogP contribution in [0.4, 0.5) is 23.4 Å². The van der Waals surface area contributed by atoms with Crippen molar-refractivity contribution in [2.45, 2.75) is 50.7 Å². The maximum atomic E-state index is 16.0. The first-order valence-corrected chi connectivity index (χ1v) is 13.7. The summed E-state index contributed by atoms with van der Waals surface area (Å²) in [6, 6.07) is 6.44. The van der Waals surface area contributed by atoms with Crippen molar-refractivity contribution in [2.24, 2.45) is 0 Å². The molecule has 2 aliphatic rings. The summed E-state index contributed by atoms with van der Waals surface area (Å²) in [4.78, 5) is 36.6. The first-order chi connectivity index (χ1) is 20.1. The van der Waals surface area contributed by atoms with Gasteiger partial charge in [-0.2, -0.15) is 13.2 Å². The Morgan fingerprint density at radius 3 is 2.71 bits per heavy atom. The zero-order valence-corrected chi connectivity index (χ0v) is 22.6. The summed E-state index contributed by atoms with van der Waals surface area (Å²) >= 11 is 0. The van der Waals surface area contributed by atoms with Gasteiger partial charge in [0.25, 0.3) is 0 Å². The molecule has 8 nitrogen and oxygen atoms in total. The fourth-order valence-corrected chi connectivity index (χ4v) is 6.04. The smallest absolute Gasteiger partial charge is 0.416 e. The lowest BCUT2D eigenvalue weighted by atomic mass is 9.92. The van der Waals surface area contributed by atoms with Gasteiger partial charge in [-0.05, 0) is 50.5 Å². The van der Waals surface area contributed by atoms with Crippen molar-refractivity contribution in [3.05, 3.63) is 77.1 Å². The number of alkyl halides is 3. The number of nitrogens with zero attached hydrogens (tertiary/aromatic N) is 4. The van der Waals surface area contributed by atoms with Crippen molar-refractivity contribution in [3.63, 3.8) is 0 Å². The number of amides is 1. The van der Waals surface area contributed by atoms with E-state index in [4.69, 9.17) is 15.5 Å². The summed E-state index contributed by atoms with van der Waals surface area (Å²) in [5.41, 5.74) is 5.32. The maximum Gasteiger partial charge on any atom is 0.416 e. The Labute approximate surface area is 238 Å². The Morgan fingerprint density at radius 2 is 1.95 bits per heavy atom. The van der Waals surface area contributed by atoms with Gasteiger partial charge in [-0.3, -0.25) is 14.0 Å². The number of imidazole rings is 1. The summed E-state index contributed by atoms with van der Waals surface area (Å²) in [5, 5.41) is 0. The third-order valence-corrected chi connectivity index (χ3v) is 8.00. The van der Waals surface area contributed by atoms with Crippen LogP contribution in [0.15, 0.2) is 48.8 Å². The first-order valence-electron chi connectivity index (χ1n) is 13.7. The van der Waals surface area contributed by atoms with Crippen LogP contribution in [0, 0.1) is 5.82 Å². The quantitative estimate of drug-likeness (QED) is 0.234. The minimum Gasteiger partial charge on any atom is -0.493 e. The number of rotatable bonds is 6. The van der Waals surface area contributed by atoms with Crippen molar-refractivity contribution in [3.8, 4) is 17.0 Å². The van der Waals surface area contributed by atoms with Crippen LogP contribution in [0.2, 0.25) is 0 Å². The molecule has 2 aromatic heterocycles. The van der Waals surface area contributed by atoms with Crippen LogP contribution < -0.4 is 10.5 Å². The molecule has 0 saturated carbocycles. The number of fused-ring (bicyclic) bond motifs is 2. The molecule has 0 radical (unpaired) electrons. The van der Waals surface area contributed by atoms with Gasteiger partial charge in [0.2, 0.25) is 5.91 Å². The van der Waals surface area contributed by atoms with E-state index < -0.39 is 23.3 Å². The van der Waals surface area contributed by atoms with E-state index >= 15 is 4.39 Å². The summed E-state index contributed by atoms with van der Waals surface area (Å²) in [5.74, 6) is -0.993. The van der Waals surface area contributed by atoms with Gasteiger partial charge in [0.1, 0.15) is 34.4 Å². The molecule has 2 fully saturated rings. The monoisotopic (exact) mass is 581 g/mol. The topological polar surface area (TPSA) is 103 Å². The molecule has 6 rings (SSSR count). The highest BCUT2D eigenvalue weighted by atomic mass is 19.4. The summed E-state index contributed by atoms with van der Waals surface area (Å²) < 4.78 is 63.3. The zero-order chi connectivity index (χ0) is 29.8. The number of nitrogen functional groups attached to an aromatic ring is 1. The number of nitrogens with two attached hydrogens (primary N) is 1. The van der Waals surface area contributed by atoms with E-state index in [9.17, 15) is 22.8 Å². The Bertz CT molecular complexity index is 1720. The van der Waals surface area contributed by atoms with Crippen molar-refractivity contribution in [1.82, 2.24) is 19.3 Å². The molecule has 0 unspecified atom stereocenters. The third kappa shape index (κ3) is 4.74. The second kappa shape index (κ2) is 10.4. The number of hydrogen-bond donors (Lipinski definition) is 1. The molecule has 2 N–H and O–H groups in total. The molecule has 0 spiro atoms. The Morgan fingerprint density at radius 1 is 1.14 bits per heavy atom. The van der Waals surface area contributed by atoms with Gasteiger partial charge in [0.05, 0.1) is 17.7 Å². The highest BCUT2D eigenvalue weighted by Crippen LogP contribution is 2.42. The Hall–Kier alpha value is -4.48. The van der Waals surface area contributed by atoms with E-state index in [0.717, 1.165) is 43.5 Å². The average molecular weight is 582 g/mol. The summed E-state index contributed by atoms with van der Waals surface area (Å²) in [6.45, 7) is 2.28. The number of halogens is 4. The third-order valence-electron chi connectivity index (χ3n) is 8.00. The van der Waals surface area contributed by atoms with Crippen molar-refractivity contribution < 1.29 is 31.9 Å². The van der Waals surface area contributed by atoms with Gasteiger partial charge in [0, 0.05) is 48.4 Å². The van der Waals surface area contributed by atoms with Gasteiger partial charge in [-0.1, -0.05) is 12.1 Å². The number of ketones is 1. The summed E-state index contributed by atoms with van der Waals surface area (Å²) in [7, 11) is 0. The first kappa shape index (κ1) is 27.7. The van der Waals surface area contributed by atoms with Crippen LogP contribution in [0.3, 0.4) is 0 Å². The van der Waals surface area contributed by atoms with E-state index in [1.807, 2.05) is 4.90 Å². The number of carbonyl (C=O) groups excluding carboxylic acids is 2. The average Bonchev–Trinajstić information content (AvgIpc) is 3.53. The second-order valence-corrected chi connectivity index (χ2v) is 10.5. The number of anilines is 1. The molecule has 12 heteroatoms. The predicted molar refractivity (Wildman–Crippen MR) is 146 cm³/mol. The van der Waals surface area contributed by atoms with Crippen LogP contribution in [0.25, 0.3) is 16.8 Å². The van der Waals surface area contributed by atoms with Crippen LogP contribution in [0.5, 0.6) is 5.75 Å². The molecule has 4 heterocycles. The molecule has 2 aromatic carbocycles. The van der Waals surface area contributed by atoms with Crippen LogP contribution >= 0.6 is 0 Å². The highest BCUT2D eigenvalue weighted by molar-refractivity contribution is 6.10. The minimum absolute atomic E-state index is 0.0129. The van der Waals surface area contributed by atoms with Crippen molar-refractivity contribution in [2.75, 3.05) is 18.9 Å². The molecule has 4 aromatic rings. The molecule has 2 atom stereocenters. The predicted octanol–water partition coefficient (Wildman–Crippen LogP) is 5.63. The molecule has 2 saturated heterocycles. The lowest BCUT2D eigenvalue weighted by molar-refractivity contribution is -0.137. The largest absolute Gasteiger partial charge is 0.493 e. The molecule has 0 aliphatic carbocycles. The molecular weight excluding hydrogens is 554 g/mol. The lowest BCUT2D eigenvalue weighted by Gasteiger charge is -2.34. The number of piperidine rings is 1. The SMILES string of the molecule is CCOc1cc(C(=O)c2cccc(C(F)(F)F)c2)cc(F)c1-c1nc([C@@H]2CC[C@H]3CCC(=O)N3C2)n2ccnc(N)c12. The van der Waals surface area contributed by atoms with Gasteiger partial charge >= 0.3 is 6.18 Å². The number of carbonyl (C=O) groups is 2. The standard InChI is InChI=1S/C30H27F4N5O3/c1-2-42-22-14-18(27(41)16-4-3-5-19(12-16)30(32,33)34)13-21(31)24(22)25-26-28(35)36-10-11-38(26)29(37-25)17-6-7-20-8-9-23(40)39(20)15-17/h3-5,10-14,17,20H,2,6-9,15H2,1H3,(H2,35,36)/t17-,20+/m1/s1. The highest BCUT2D eigenvalue weighted by Gasteiger charge is 2.39. The Balaban J connectivity index is 1.45. The molecule has 218 valence electrons. The number of aromatic nitrogens is 3. The van der Waals surface area contributed by atoms with Crippen LogP contribution in [-0.2, 0) is 11.0 Å². The molecule has 1 amide bonds. The molecule has 42 heavy (non-hydrogen) atoms. The van der Waals surface area contributed by atoms with Crippen molar-refractivity contribution >= 4 is 23.0 Å². The minimum atomic E-state index is -4.64. The van der Waals surface area contributed by atoms with E-state index in [1.54, 1.807) is 17.5 Å². The molecule has 0 bridgehead atoms. The van der Waals surface area contributed by atoms with Crippen LogP contribution in [-0.4, -0.2) is 50.2 Å². The second-order valence-electron chi connectivity index (χ2n) is 10.5. The Kier molecular flexibility index (Phi) is 6.86. The lowest BCUT2D eigenvalue weighted by Crippen LogP contribution is -2.41. The molecule has 2 aliphatic heterocycles. The van der Waals surface area contributed by atoms with Crippen LogP contribution in [0.1, 0.15) is 65.8 Å². The number of ether oxygens (including phenoxy) is 1. The normalized spacial score (nSPS) is 18.9. The zero-order valence-electron chi connectivity index (χ0n) is 22.6. The number of hydrogen-bond acceptors (Lipinski definition) is 6. The van der Waals surface area contributed by atoms with Gasteiger partial charge in [0.15, 0.2) is 5.78 Å². The van der Waals surface area contributed by atoms with E-state index in [2.05, 4.69) is 4.98 Å². The van der Waals surface area contributed by atoms with E-state index in [-0.39, 0.29) is 58.4 Å². The maximum absolute atomic E-state index is 16.0. The number of benzene rings is 2. The summed E-state index contributed by atoms with van der Waals surface area (Å²) in [6.07, 6.45) is 1.52. The van der Waals surface area contributed by atoms with Gasteiger partial charge < -0.3 is 15.4 Å². The van der Waals surface area contributed by atoms with E-state index in [0.29, 0.717) is 24.3 Å². The van der Waals surface area contributed by atoms with Gasteiger partial charge in [-0.15, -0.1) is 0 Å². The van der Waals surface area contributed by atoms with Crippen molar-refractivity contribution in [1.29, 1.82) is 0 Å². The fraction of sp³-hybridized carbons (Fsp3) is 0.333. The fourth-order valence-electron chi connectivity index (χ4n) is 6.04. The van der Waals surface area contributed by atoms with Gasteiger partial charge in [-0.25, -0.2) is 14.4 Å². The molecular formula is C30H27F4N5O3.